The van der Waals surface area contributed by atoms with Gasteiger partial charge in [-0.3, -0.25) is 4.68 Å². The zero-order valence-electron chi connectivity index (χ0n) is 10.2. The van der Waals surface area contributed by atoms with Crippen molar-refractivity contribution in [3.05, 3.63) is 29.3 Å². The first-order valence-corrected chi connectivity index (χ1v) is 5.38. The molecular weight excluding hydrogens is 216 g/mol. The van der Waals surface area contributed by atoms with Crippen LogP contribution in [0.2, 0.25) is 0 Å². The highest BCUT2D eigenvalue weighted by atomic mass is 15.3. The third kappa shape index (κ3) is 2.35. The van der Waals surface area contributed by atoms with Crippen LogP contribution in [0, 0.1) is 13.8 Å². The van der Waals surface area contributed by atoms with Crippen LogP contribution in [0.3, 0.4) is 0 Å². The maximum atomic E-state index is 5.72. The number of nitrogens with two attached hydrogens (primary N) is 1. The Morgan fingerprint density at radius 3 is 2.76 bits per heavy atom. The zero-order valence-corrected chi connectivity index (χ0v) is 10.2. The van der Waals surface area contributed by atoms with Crippen LogP contribution >= 0.6 is 0 Å². The number of aromatic nitrogens is 4. The summed E-state index contributed by atoms with van der Waals surface area (Å²) in [4.78, 5) is 8.09. The molecule has 0 atom stereocenters. The Kier molecular flexibility index (Phi) is 2.95. The minimum atomic E-state index is 0.505. The van der Waals surface area contributed by atoms with Crippen molar-refractivity contribution in [2.24, 2.45) is 7.05 Å². The first-order valence-electron chi connectivity index (χ1n) is 5.38. The Bertz CT molecular complexity index is 531. The van der Waals surface area contributed by atoms with Crippen molar-refractivity contribution < 1.29 is 0 Å². The Balaban J connectivity index is 2.12. The molecule has 2 aromatic rings. The Morgan fingerprint density at radius 2 is 2.12 bits per heavy atom. The molecule has 0 amide bonds. The standard InChI is InChI=1S/C11H16N6/c1-7-10(12)14-6-15-11(7)13-4-9-5-17(3)16-8(9)2/h5-6H,4H2,1-3H3,(H3,12,13,14,15). The number of hydrogen-bond donors (Lipinski definition) is 2. The van der Waals surface area contributed by atoms with E-state index in [0.717, 1.165) is 22.6 Å². The summed E-state index contributed by atoms with van der Waals surface area (Å²) < 4.78 is 1.80. The minimum Gasteiger partial charge on any atom is -0.383 e. The average Bonchev–Trinajstić information content (AvgIpc) is 2.60. The van der Waals surface area contributed by atoms with E-state index >= 15 is 0 Å². The van der Waals surface area contributed by atoms with Crippen LogP contribution < -0.4 is 11.1 Å². The molecule has 0 radical (unpaired) electrons. The van der Waals surface area contributed by atoms with Gasteiger partial charge in [-0.25, -0.2) is 9.97 Å². The summed E-state index contributed by atoms with van der Waals surface area (Å²) in [7, 11) is 1.91. The third-order valence-corrected chi connectivity index (χ3v) is 2.68. The van der Waals surface area contributed by atoms with Crippen LogP contribution in [0.5, 0.6) is 0 Å². The summed E-state index contributed by atoms with van der Waals surface area (Å²) in [6.45, 7) is 4.56. The monoisotopic (exact) mass is 232 g/mol. The number of anilines is 2. The molecule has 0 aliphatic rings. The summed E-state index contributed by atoms with van der Waals surface area (Å²) in [5.74, 6) is 1.27. The molecule has 0 aromatic carbocycles. The molecule has 0 spiro atoms. The van der Waals surface area contributed by atoms with E-state index in [4.69, 9.17) is 5.73 Å². The van der Waals surface area contributed by atoms with Gasteiger partial charge in [0.2, 0.25) is 0 Å². The minimum absolute atomic E-state index is 0.505. The third-order valence-electron chi connectivity index (χ3n) is 2.68. The molecule has 2 rings (SSSR count). The number of nitrogens with one attached hydrogen (secondary N) is 1. The van der Waals surface area contributed by atoms with Crippen molar-refractivity contribution in [2.45, 2.75) is 20.4 Å². The highest BCUT2D eigenvalue weighted by Crippen LogP contribution is 2.16. The summed E-state index contributed by atoms with van der Waals surface area (Å²) in [6.07, 6.45) is 3.45. The molecule has 0 saturated heterocycles. The van der Waals surface area contributed by atoms with E-state index < -0.39 is 0 Å². The fourth-order valence-electron chi connectivity index (χ4n) is 1.64. The molecule has 0 fully saturated rings. The molecule has 6 nitrogen and oxygen atoms in total. The van der Waals surface area contributed by atoms with Crippen molar-refractivity contribution in [3.63, 3.8) is 0 Å². The van der Waals surface area contributed by atoms with Gasteiger partial charge in [-0.05, 0) is 13.8 Å². The zero-order chi connectivity index (χ0) is 12.4. The lowest BCUT2D eigenvalue weighted by molar-refractivity contribution is 0.756. The predicted molar refractivity (Wildman–Crippen MR) is 66.5 cm³/mol. The molecule has 0 aliphatic carbocycles. The quantitative estimate of drug-likeness (QED) is 0.825. The number of nitrogen functional groups attached to an aromatic ring is 1. The van der Waals surface area contributed by atoms with Crippen molar-refractivity contribution >= 4 is 11.6 Å². The lowest BCUT2D eigenvalue weighted by Crippen LogP contribution is -2.06. The summed E-state index contributed by atoms with van der Waals surface area (Å²) >= 11 is 0. The van der Waals surface area contributed by atoms with E-state index in [9.17, 15) is 0 Å². The van der Waals surface area contributed by atoms with Gasteiger partial charge in [0.1, 0.15) is 18.0 Å². The van der Waals surface area contributed by atoms with Gasteiger partial charge in [0, 0.05) is 30.9 Å². The molecule has 17 heavy (non-hydrogen) atoms. The van der Waals surface area contributed by atoms with Crippen LogP contribution in [0.25, 0.3) is 0 Å². The highest BCUT2D eigenvalue weighted by Gasteiger charge is 2.06. The number of hydrogen-bond acceptors (Lipinski definition) is 5. The normalized spacial score (nSPS) is 10.5. The van der Waals surface area contributed by atoms with E-state index in [1.807, 2.05) is 27.1 Å². The van der Waals surface area contributed by atoms with E-state index in [-0.39, 0.29) is 0 Å². The fraction of sp³-hybridized carbons (Fsp3) is 0.364. The molecule has 0 saturated carbocycles. The molecule has 0 aliphatic heterocycles. The van der Waals surface area contributed by atoms with Crippen molar-refractivity contribution in [3.8, 4) is 0 Å². The summed E-state index contributed by atoms with van der Waals surface area (Å²) in [5, 5.41) is 7.52. The summed E-state index contributed by atoms with van der Waals surface area (Å²) in [5.41, 5.74) is 8.74. The Labute approximate surface area is 99.9 Å². The van der Waals surface area contributed by atoms with E-state index in [0.29, 0.717) is 12.4 Å². The predicted octanol–water partition coefficient (Wildman–Crippen LogP) is 1.02. The van der Waals surface area contributed by atoms with E-state index in [2.05, 4.69) is 20.4 Å². The molecule has 90 valence electrons. The van der Waals surface area contributed by atoms with Gasteiger partial charge < -0.3 is 11.1 Å². The fourth-order valence-corrected chi connectivity index (χ4v) is 1.64. The van der Waals surface area contributed by atoms with E-state index in [1.54, 1.807) is 4.68 Å². The van der Waals surface area contributed by atoms with Crippen LogP contribution in [0.4, 0.5) is 11.6 Å². The van der Waals surface area contributed by atoms with Crippen LogP contribution in [-0.2, 0) is 13.6 Å². The lowest BCUT2D eigenvalue weighted by atomic mass is 10.2. The molecule has 0 bridgehead atoms. The van der Waals surface area contributed by atoms with Gasteiger partial charge in [0.05, 0.1) is 5.69 Å². The summed E-state index contributed by atoms with van der Waals surface area (Å²) in [6, 6.07) is 0. The molecule has 2 aromatic heterocycles. The second-order valence-electron chi connectivity index (χ2n) is 4.00. The number of nitrogens with zero attached hydrogens (tertiary/aromatic N) is 4. The SMILES string of the molecule is Cc1nn(C)cc1CNc1ncnc(N)c1C. The van der Waals surface area contributed by atoms with Crippen LogP contribution in [0.1, 0.15) is 16.8 Å². The number of aryl methyl sites for hydroxylation is 2. The van der Waals surface area contributed by atoms with Gasteiger partial charge in [0.25, 0.3) is 0 Å². The Hall–Kier alpha value is -2.11. The molecule has 2 heterocycles. The lowest BCUT2D eigenvalue weighted by Gasteiger charge is -2.08. The van der Waals surface area contributed by atoms with Crippen molar-refractivity contribution in [1.29, 1.82) is 0 Å². The maximum absolute atomic E-state index is 5.72. The van der Waals surface area contributed by atoms with Crippen LogP contribution in [0.15, 0.2) is 12.5 Å². The highest BCUT2D eigenvalue weighted by molar-refractivity contribution is 5.53. The second-order valence-corrected chi connectivity index (χ2v) is 4.00. The topological polar surface area (TPSA) is 81.7 Å². The van der Waals surface area contributed by atoms with Crippen molar-refractivity contribution in [2.75, 3.05) is 11.1 Å². The largest absolute Gasteiger partial charge is 0.383 e. The van der Waals surface area contributed by atoms with Crippen molar-refractivity contribution in [1.82, 2.24) is 19.7 Å². The molecule has 3 N–H and O–H groups in total. The van der Waals surface area contributed by atoms with Crippen LogP contribution in [-0.4, -0.2) is 19.7 Å². The molecule has 0 unspecified atom stereocenters. The Morgan fingerprint density at radius 1 is 1.35 bits per heavy atom. The van der Waals surface area contributed by atoms with Gasteiger partial charge in [-0.2, -0.15) is 5.10 Å². The molecule has 6 heteroatoms. The molecular formula is C11H16N6. The van der Waals surface area contributed by atoms with Gasteiger partial charge in [-0.15, -0.1) is 0 Å². The van der Waals surface area contributed by atoms with Gasteiger partial charge >= 0.3 is 0 Å². The van der Waals surface area contributed by atoms with Gasteiger partial charge in [-0.1, -0.05) is 0 Å². The first-order chi connectivity index (χ1) is 8.08. The first kappa shape index (κ1) is 11.4. The number of rotatable bonds is 3. The smallest absolute Gasteiger partial charge is 0.134 e. The maximum Gasteiger partial charge on any atom is 0.134 e. The second kappa shape index (κ2) is 4.40. The average molecular weight is 232 g/mol. The van der Waals surface area contributed by atoms with Gasteiger partial charge in [0.15, 0.2) is 0 Å². The van der Waals surface area contributed by atoms with E-state index in [1.165, 1.54) is 6.33 Å².